The Hall–Kier alpha value is -2.73. The van der Waals surface area contributed by atoms with Crippen molar-refractivity contribution in [1.29, 1.82) is 0 Å². The maximum absolute atomic E-state index is 13.2. The highest BCUT2D eigenvalue weighted by atomic mass is 35.5. The molecule has 2 atom stereocenters. The van der Waals surface area contributed by atoms with Gasteiger partial charge in [0.15, 0.2) is 6.23 Å². The standard InChI is InChI=1S/C25H23Cl2NO4/c1-2-30-19-13-11-18(12-14-19)24(16-25(24,26)27)23(29)32-22(28)17-7-6-10-21(15-17)31-20-8-4-3-5-9-20/h3-15,22H,2,16,28H2,1H3. The van der Waals surface area contributed by atoms with Crippen molar-refractivity contribution in [3.05, 3.63) is 90.0 Å². The molecule has 7 heteroatoms. The lowest BCUT2D eigenvalue weighted by molar-refractivity contribution is -0.152. The van der Waals surface area contributed by atoms with E-state index < -0.39 is 21.9 Å². The van der Waals surface area contributed by atoms with Crippen LogP contribution < -0.4 is 15.2 Å². The van der Waals surface area contributed by atoms with E-state index in [-0.39, 0.29) is 6.42 Å². The highest BCUT2D eigenvalue weighted by Crippen LogP contribution is 2.65. The van der Waals surface area contributed by atoms with Gasteiger partial charge in [-0.1, -0.05) is 65.7 Å². The Kier molecular flexibility index (Phi) is 6.33. The highest BCUT2D eigenvalue weighted by molar-refractivity contribution is 6.54. The first-order valence-corrected chi connectivity index (χ1v) is 11.0. The van der Waals surface area contributed by atoms with Gasteiger partial charge in [-0.15, -0.1) is 0 Å². The maximum Gasteiger partial charge on any atom is 0.321 e. The largest absolute Gasteiger partial charge is 0.494 e. The molecule has 1 fully saturated rings. The molecule has 32 heavy (non-hydrogen) atoms. The van der Waals surface area contributed by atoms with Crippen molar-refractivity contribution < 1.29 is 19.0 Å². The average molecular weight is 472 g/mol. The number of carbonyl (C=O) groups is 1. The van der Waals surface area contributed by atoms with Crippen molar-refractivity contribution in [3.8, 4) is 17.2 Å². The number of ether oxygens (including phenoxy) is 3. The fraction of sp³-hybridized carbons (Fsp3) is 0.240. The van der Waals surface area contributed by atoms with Crippen LogP contribution in [0.25, 0.3) is 0 Å². The molecule has 3 aromatic carbocycles. The highest BCUT2D eigenvalue weighted by Gasteiger charge is 2.73. The van der Waals surface area contributed by atoms with Gasteiger partial charge in [0, 0.05) is 12.0 Å². The molecule has 1 aliphatic rings. The summed E-state index contributed by atoms with van der Waals surface area (Å²) >= 11 is 12.8. The van der Waals surface area contributed by atoms with Crippen LogP contribution in [0.15, 0.2) is 78.9 Å². The number of rotatable bonds is 8. The topological polar surface area (TPSA) is 70.8 Å². The van der Waals surface area contributed by atoms with Gasteiger partial charge in [0.05, 0.1) is 6.61 Å². The smallest absolute Gasteiger partial charge is 0.321 e. The third-order valence-electron chi connectivity index (χ3n) is 5.39. The summed E-state index contributed by atoms with van der Waals surface area (Å²) in [6, 6.07) is 23.6. The van der Waals surface area contributed by atoms with Gasteiger partial charge in [-0.25, -0.2) is 0 Å². The summed E-state index contributed by atoms with van der Waals surface area (Å²) in [5.74, 6) is 1.39. The molecule has 5 nitrogen and oxygen atoms in total. The Morgan fingerprint density at radius 2 is 1.62 bits per heavy atom. The molecule has 0 amide bonds. The lowest BCUT2D eigenvalue weighted by Crippen LogP contribution is -2.32. The fourth-order valence-corrected chi connectivity index (χ4v) is 4.38. The van der Waals surface area contributed by atoms with Gasteiger partial charge in [-0.05, 0) is 48.9 Å². The molecule has 0 heterocycles. The molecule has 4 rings (SSSR count). The Morgan fingerprint density at radius 1 is 0.969 bits per heavy atom. The first-order chi connectivity index (χ1) is 15.4. The van der Waals surface area contributed by atoms with Crippen molar-refractivity contribution in [3.63, 3.8) is 0 Å². The van der Waals surface area contributed by atoms with Crippen molar-refractivity contribution in [2.24, 2.45) is 5.73 Å². The van der Waals surface area contributed by atoms with E-state index >= 15 is 0 Å². The maximum atomic E-state index is 13.2. The normalized spacial score (nSPS) is 19.6. The number of alkyl halides is 2. The molecule has 0 saturated heterocycles. The van der Waals surface area contributed by atoms with Crippen LogP contribution in [-0.2, 0) is 14.9 Å². The van der Waals surface area contributed by atoms with Crippen LogP contribution in [0.2, 0.25) is 0 Å². The molecular weight excluding hydrogens is 449 g/mol. The van der Waals surface area contributed by atoms with Gasteiger partial charge in [-0.3, -0.25) is 10.5 Å². The van der Waals surface area contributed by atoms with Gasteiger partial charge in [0.25, 0.3) is 0 Å². The number of esters is 1. The van der Waals surface area contributed by atoms with E-state index in [0.29, 0.717) is 35.0 Å². The number of hydrogen-bond donors (Lipinski definition) is 1. The van der Waals surface area contributed by atoms with Crippen molar-refractivity contribution >= 4 is 29.2 Å². The molecule has 2 N–H and O–H groups in total. The number of para-hydroxylation sites is 1. The van der Waals surface area contributed by atoms with E-state index in [2.05, 4.69) is 0 Å². The number of halogens is 2. The zero-order valence-corrected chi connectivity index (χ0v) is 19.0. The quantitative estimate of drug-likeness (QED) is 0.251. The third kappa shape index (κ3) is 4.42. The monoisotopic (exact) mass is 471 g/mol. The lowest BCUT2D eigenvalue weighted by atomic mass is 9.96. The molecular formula is C25H23Cl2NO4. The Bertz CT molecular complexity index is 1090. The van der Waals surface area contributed by atoms with Gasteiger partial charge in [0.1, 0.15) is 27.0 Å². The van der Waals surface area contributed by atoms with Gasteiger partial charge >= 0.3 is 5.97 Å². The summed E-state index contributed by atoms with van der Waals surface area (Å²) in [7, 11) is 0. The van der Waals surface area contributed by atoms with Crippen LogP contribution in [-0.4, -0.2) is 16.9 Å². The predicted octanol–water partition coefficient (Wildman–Crippen LogP) is 5.89. The zero-order chi connectivity index (χ0) is 22.8. The first-order valence-electron chi connectivity index (χ1n) is 10.3. The molecule has 3 aromatic rings. The van der Waals surface area contributed by atoms with E-state index in [4.69, 9.17) is 43.1 Å². The summed E-state index contributed by atoms with van der Waals surface area (Å²) in [5, 5.41) is 0. The van der Waals surface area contributed by atoms with Gasteiger partial charge in [-0.2, -0.15) is 0 Å². The fourth-order valence-electron chi connectivity index (χ4n) is 3.61. The molecule has 0 aromatic heterocycles. The Labute approximate surface area is 197 Å². The second-order valence-corrected chi connectivity index (χ2v) is 9.04. The predicted molar refractivity (Wildman–Crippen MR) is 124 cm³/mol. The van der Waals surface area contributed by atoms with Crippen LogP contribution >= 0.6 is 23.2 Å². The summed E-state index contributed by atoms with van der Waals surface area (Å²) in [4.78, 5) is 13.2. The molecule has 2 unspecified atom stereocenters. The first kappa shape index (κ1) is 22.5. The molecule has 0 bridgehead atoms. The van der Waals surface area contributed by atoms with E-state index in [9.17, 15) is 4.79 Å². The summed E-state index contributed by atoms with van der Waals surface area (Å²) < 4.78 is 15.7. The Morgan fingerprint density at radius 3 is 2.25 bits per heavy atom. The number of benzene rings is 3. The van der Waals surface area contributed by atoms with E-state index in [1.807, 2.05) is 37.3 Å². The molecule has 0 aliphatic heterocycles. The van der Waals surface area contributed by atoms with Crippen molar-refractivity contribution in [2.75, 3.05) is 6.61 Å². The van der Waals surface area contributed by atoms with Crippen LogP contribution in [0, 0.1) is 0 Å². The summed E-state index contributed by atoms with van der Waals surface area (Å²) in [5.41, 5.74) is 6.27. The van der Waals surface area contributed by atoms with E-state index in [1.165, 1.54) is 0 Å². The van der Waals surface area contributed by atoms with Gasteiger partial charge in [0.2, 0.25) is 0 Å². The van der Waals surface area contributed by atoms with E-state index in [1.54, 1.807) is 48.5 Å². The number of nitrogens with two attached hydrogens (primary N) is 1. The SMILES string of the molecule is CCOc1ccc(C2(C(=O)OC(N)c3cccc(Oc4ccccc4)c3)CC2(Cl)Cl)cc1. The molecule has 0 radical (unpaired) electrons. The van der Waals surface area contributed by atoms with Crippen LogP contribution in [0.5, 0.6) is 17.2 Å². The number of carbonyl (C=O) groups excluding carboxylic acids is 1. The molecule has 1 aliphatic carbocycles. The third-order valence-corrected chi connectivity index (χ3v) is 6.31. The van der Waals surface area contributed by atoms with E-state index in [0.717, 1.165) is 0 Å². The molecule has 0 spiro atoms. The van der Waals surface area contributed by atoms with Crippen molar-refractivity contribution in [1.82, 2.24) is 0 Å². The van der Waals surface area contributed by atoms with Crippen LogP contribution in [0.1, 0.15) is 30.7 Å². The Balaban J connectivity index is 1.50. The molecule has 1 saturated carbocycles. The molecule has 166 valence electrons. The number of hydrogen-bond acceptors (Lipinski definition) is 5. The van der Waals surface area contributed by atoms with Crippen molar-refractivity contribution in [2.45, 2.75) is 29.3 Å². The minimum absolute atomic E-state index is 0.236. The average Bonchev–Trinajstić information content (AvgIpc) is 3.39. The minimum atomic E-state index is -1.27. The summed E-state index contributed by atoms with van der Waals surface area (Å²) in [6.07, 6.45) is -0.772. The zero-order valence-electron chi connectivity index (χ0n) is 17.5. The van der Waals surface area contributed by atoms with Crippen LogP contribution in [0.4, 0.5) is 0 Å². The second kappa shape index (κ2) is 9.02. The summed E-state index contributed by atoms with van der Waals surface area (Å²) in [6.45, 7) is 2.45. The van der Waals surface area contributed by atoms with Crippen LogP contribution in [0.3, 0.4) is 0 Å². The second-order valence-electron chi connectivity index (χ2n) is 7.56. The van der Waals surface area contributed by atoms with Gasteiger partial charge < -0.3 is 14.2 Å². The minimum Gasteiger partial charge on any atom is -0.494 e. The lowest BCUT2D eigenvalue weighted by Gasteiger charge is -2.21.